The minimum absolute atomic E-state index is 0.00880. The summed E-state index contributed by atoms with van der Waals surface area (Å²) in [5, 5.41) is 25.8. The van der Waals surface area contributed by atoms with Gasteiger partial charge in [0.25, 0.3) is 5.91 Å². The first-order chi connectivity index (χ1) is 15.6. The second kappa shape index (κ2) is 10.6. The smallest absolute Gasteiger partial charge is 0.360 e. The zero-order chi connectivity index (χ0) is 24.2. The van der Waals surface area contributed by atoms with Crippen LogP contribution in [0, 0.1) is 17.2 Å². The normalized spacial score (nSPS) is 17.0. The van der Waals surface area contributed by atoms with Crippen molar-refractivity contribution >= 4 is 22.8 Å². The van der Waals surface area contributed by atoms with Crippen molar-refractivity contribution in [1.82, 2.24) is 15.1 Å². The van der Waals surface area contributed by atoms with Gasteiger partial charge in [0, 0.05) is 37.1 Å². The molecule has 182 valence electrons. The van der Waals surface area contributed by atoms with Crippen molar-refractivity contribution in [3.63, 3.8) is 0 Å². The zero-order valence-electron chi connectivity index (χ0n) is 19.2. The Morgan fingerprint density at radius 2 is 2.03 bits per heavy atom. The summed E-state index contributed by atoms with van der Waals surface area (Å²) in [6.45, 7) is 6.35. The van der Waals surface area contributed by atoms with Gasteiger partial charge >= 0.3 is 5.97 Å². The lowest BCUT2D eigenvalue weighted by molar-refractivity contribution is -0.136. The van der Waals surface area contributed by atoms with Crippen LogP contribution in [0.2, 0.25) is 0 Å². The van der Waals surface area contributed by atoms with Crippen LogP contribution in [0.25, 0.3) is 10.9 Å². The van der Waals surface area contributed by atoms with E-state index in [9.17, 15) is 19.1 Å². The van der Waals surface area contributed by atoms with Gasteiger partial charge in [-0.3, -0.25) is 9.48 Å². The van der Waals surface area contributed by atoms with E-state index in [1.807, 2.05) is 0 Å². The number of fused-ring (bicyclic) bond motifs is 1. The van der Waals surface area contributed by atoms with E-state index in [1.54, 1.807) is 25.5 Å². The summed E-state index contributed by atoms with van der Waals surface area (Å²) < 4.78 is 26.6. The van der Waals surface area contributed by atoms with Gasteiger partial charge < -0.3 is 25.0 Å². The fraction of sp³-hybridized carbons (Fsp3) is 0.609. The molecule has 2 aromatic rings. The average Bonchev–Trinajstić information content (AvgIpc) is 3.12. The summed E-state index contributed by atoms with van der Waals surface area (Å²) >= 11 is 0. The summed E-state index contributed by atoms with van der Waals surface area (Å²) in [5.74, 6) is -1.54. The molecule has 0 spiro atoms. The minimum Gasteiger partial charge on any atom is -0.447 e. The van der Waals surface area contributed by atoms with Crippen molar-refractivity contribution in [2.24, 2.45) is 11.3 Å². The number of nitrogens with one attached hydrogen (secondary N) is 1. The number of esters is 1. The largest absolute Gasteiger partial charge is 0.447 e. The molecule has 1 aromatic carbocycles. The fourth-order valence-electron chi connectivity index (χ4n) is 3.77. The van der Waals surface area contributed by atoms with Crippen LogP contribution in [0.1, 0.15) is 44.1 Å². The van der Waals surface area contributed by atoms with Crippen LogP contribution in [-0.4, -0.2) is 70.4 Å². The van der Waals surface area contributed by atoms with Gasteiger partial charge in [-0.1, -0.05) is 20.8 Å². The van der Waals surface area contributed by atoms with Crippen molar-refractivity contribution in [3.05, 3.63) is 29.7 Å². The molecular weight excluding hydrogens is 433 g/mol. The standard InChI is InChI=1S/C23H32FN3O6/c1-23(2,3)20(21(30)25-11-16(29)13-28)33-22(31)19-17-5-4-15(24)10-18(17)27(26-19)12-14-6-8-32-9-7-14/h4-5,10,14,16,20,28-29H,6-9,11-13H2,1-3H3,(H,25,30)/t16-,20+/m0/s1. The van der Waals surface area contributed by atoms with E-state index < -0.39 is 41.9 Å². The molecule has 9 nitrogen and oxygen atoms in total. The van der Waals surface area contributed by atoms with Gasteiger partial charge in [-0.15, -0.1) is 0 Å². The van der Waals surface area contributed by atoms with E-state index in [1.165, 1.54) is 18.2 Å². The van der Waals surface area contributed by atoms with Gasteiger partial charge in [-0.25, -0.2) is 9.18 Å². The first-order valence-corrected chi connectivity index (χ1v) is 11.1. The Kier molecular flexibility index (Phi) is 8.04. The molecule has 0 saturated carbocycles. The van der Waals surface area contributed by atoms with Crippen LogP contribution in [0.4, 0.5) is 4.39 Å². The number of aromatic nitrogens is 2. The number of aliphatic hydroxyl groups excluding tert-OH is 2. The molecule has 1 aliphatic heterocycles. The SMILES string of the molecule is CC(C)(C)[C@H](OC(=O)c1nn(CC2CCOCC2)c2cc(F)ccc12)C(=O)NC[C@H](O)CO. The number of benzene rings is 1. The van der Waals surface area contributed by atoms with Crippen molar-refractivity contribution in [2.75, 3.05) is 26.4 Å². The van der Waals surface area contributed by atoms with Crippen LogP contribution >= 0.6 is 0 Å². The number of hydrogen-bond acceptors (Lipinski definition) is 7. The van der Waals surface area contributed by atoms with E-state index in [4.69, 9.17) is 14.6 Å². The van der Waals surface area contributed by atoms with Gasteiger partial charge in [-0.2, -0.15) is 5.10 Å². The predicted octanol–water partition coefficient (Wildman–Crippen LogP) is 1.64. The molecule has 2 heterocycles. The first kappa shape index (κ1) is 25.1. The maximum Gasteiger partial charge on any atom is 0.360 e. The highest BCUT2D eigenvalue weighted by molar-refractivity contribution is 6.03. The second-order valence-electron chi connectivity index (χ2n) is 9.48. The molecule has 1 aliphatic rings. The van der Waals surface area contributed by atoms with Crippen molar-refractivity contribution in [2.45, 2.75) is 52.4 Å². The van der Waals surface area contributed by atoms with Crippen LogP contribution in [0.5, 0.6) is 0 Å². The van der Waals surface area contributed by atoms with E-state index in [-0.39, 0.29) is 12.2 Å². The molecule has 1 fully saturated rings. The molecule has 0 unspecified atom stereocenters. The zero-order valence-corrected chi connectivity index (χ0v) is 19.2. The third kappa shape index (κ3) is 6.27. The third-order valence-corrected chi connectivity index (χ3v) is 5.65. The van der Waals surface area contributed by atoms with E-state index in [2.05, 4.69) is 10.4 Å². The van der Waals surface area contributed by atoms with E-state index in [0.717, 1.165) is 12.8 Å². The van der Waals surface area contributed by atoms with Crippen molar-refractivity contribution in [3.8, 4) is 0 Å². The number of carbonyl (C=O) groups excluding carboxylic acids is 2. The number of ether oxygens (including phenoxy) is 2. The lowest BCUT2D eigenvalue weighted by Gasteiger charge is -2.29. The lowest BCUT2D eigenvalue weighted by atomic mass is 9.88. The Hall–Kier alpha value is -2.56. The summed E-state index contributed by atoms with van der Waals surface area (Å²) in [6.07, 6.45) is -0.595. The van der Waals surface area contributed by atoms with Gasteiger partial charge in [-0.05, 0) is 37.0 Å². The topological polar surface area (TPSA) is 123 Å². The Morgan fingerprint density at radius 3 is 2.67 bits per heavy atom. The highest BCUT2D eigenvalue weighted by atomic mass is 19.1. The van der Waals surface area contributed by atoms with Gasteiger partial charge in [0.05, 0.1) is 18.2 Å². The Bertz CT molecular complexity index is 980. The molecule has 0 aliphatic carbocycles. The van der Waals surface area contributed by atoms with Crippen LogP contribution in [-0.2, 0) is 20.8 Å². The molecule has 1 saturated heterocycles. The summed E-state index contributed by atoms with van der Waals surface area (Å²) in [5.41, 5.74) is -0.262. The Labute approximate surface area is 191 Å². The Morgan fingerprint density at radius 1 is 1.33 bits per heavy atom. The van der Waals surface area contributed by atoms with Gasteiger partial charge in [0.1, 0.15) is 5.82 Å². The van der Waals surface area contributed by atoms with Crippen molar-refractivity contribution in [1.29, 1.82) is 0 Å². The molecular formula is C23H32FN3O6. The maximum atomic E-state index is 14.0. The van der Waals surface area contributed by atoms with Gasteiger partial charge in [0.15, 0.2) is 11.8 Å². The Balaban J connectivity index is 1.85. The average molecular weight is 466 g/mol. The number of nitrogens with zero attached hydrogens (tertiary/aromatic N) is 2. The predicted molar refractivity (Wildman–Crippen MR) is 118 cm³/mol. The number of amides is 1. The maximum absolute atomic E-state index is 14.0. The van der Waals surface area contributed by atoms with E-state index in [0.29, 0.717) is 36.6 Å². The summed E-state index contributed by atoms with van der Waals surface area (Å²) in [6, 6.07) is 4.07. The first-order valence-electron chi connectivity index (χ1n) is 11.1. The summed E-state index contributed by atoms with van der Waals surface area (Å²) in [7, 11) is 0. The van der Waals surface area contributed by atoms with Crippen LogP contribution in [0.3, 0.4) is 0 Å². The van der Waals surface area contributed by atoms with Crippen LogP contribution < -0.4 is 5.32 Å². The number of rotatable bonds is 8. The molecule has 33 heavy (non-hydrogen) atoms. The highest BCUT2D eigenvalue weighted by Crippen LogP contribution is 2.27. The molecule has 2 atom stereocenters. The molecule has 1 aromatic heterocycles. The van der Waals surface area contributed by atoms with E-state index >= 15 is 0 Å². The summed E-state index contributed by atoms with van der Waals surface area (Å²) in [4.78, 5) is 25.8. The molecule has 0 radical (unpaired) electrons. The quantitative estimate of drug-likeness (QED) is 0.507. The molecule has 10 heteroatoms. The third-order valence-electron chi connectivity index (χ3n) is 5.65. The monoisotopic (exact) mass is 465 g/mol. The second-order valence-corrected chi connectivity index (χ2v) is 9.48. The molecule has 0 bridgehead atoms. The molecule has 3 rings (SSSR count). The van der Waals surface area contributed by atoms with Gasteiger partial charge in [0.2, 0.25) is 0 Å². The number of aliphatic hydroxyl groups is 2. The fourth-order valence-corrected chi connectivity index (χ4v) is 3.77. The number of carbonyl (C=O) groups is 2. The number of halogens is 1. The van der Waals surface area contributed by atoms with Crippen molar-refractivity contribution < 1.29 is 33.7 Å². The molecule has 3 N–H and O–H groups in total. The number of hydrogen-bond donors (Lipinski definition) is 3. The minimum atomic E-state index is -1.17. The molecule has 1 amide bonds. The lowest BCUT2D eigenvalue weighted by Crippen LogP contribution is -2.47. The van der Waals surface area contributed by atoms with Crippen LogP contribution in [0.15, 0.2) is 18.2 Å². The highest BCUT2D eigenvalue weighted by Gasteiger charge is 2.36.